The Labute approximate surface area is 139 Å². The van der Waals surface area contributed by atoms with E-state index in [0.717, 1.165) is 15.6 Å². The molecule has 0 aliphatic heterocycles. The number of rotatable bonds is 4. The van der Waals surface area contributed by atoms with E-state index in [-0.39, 0.29) is 11.5 Å². The van der Waals surface area contributed by atoms with Crippen molar-refractivity contribution < 1.29 is 12.6 Å². The third-order valence-corrected chi connectivity index (χ3v) is 4.89. The summed E-state index contributed by atoms with van der Waals surface area (Å²) < 4.78 is 29.8. The van der Waals surface area contributed by atoms with E-state index in [1.165, 1.54) is 12.1 Å². The Morgan fingerprint density at radius 1 is 1.09 bits per heavy atom. The fourth-order valence-corrected chi connectivity index (χ4v) is 2.99. The van der Waals surface area contributed by atoms with Gasteiger partial charge < -0.3 is 0 Å². The summed E-state index contributed by atoms with van der Waals surface area (Å²) in [6, 6.07) is 14.2. The number of halogens is 1. The summed E-state index contributed by atoms with van der Waals surface area (Å²) in [6.07, 6.45) is 0.340. The summed E-state index contributed by atoms with van der Waals surface area (Å²) in [6.45, 7) is 1.93. The average Bonchev–Trinajstić information content (AvgIpc) is 2.49. The topological polar surface area (TPSA) is 43.4 Å². The zero-order valence-electron chi connectivity index (χ0n) is 12.0. The van der Waals surface area contributed by atoms with Crippen molar-refractivity contribution in [3.05, 3.63) is 64.1 Å². The molecule has 2 rings (SSSR count). The molecule has 0 spiro atoms. The second-order valence-electron chi connectivity index (χ2n) is 4.62. The average molecular weight is 379 g/mol. The van der Waals surface area contributed by atoms with Crippen molar-refractivity contribution in [3.63, 3.8) is 0 Å². The van der Waals surface area contributed by atoms with Crippen LogP contribution >= 0.6 is 15.9 Å². The van der Waals surface area contributed by atoms with Crippen molar-refractivity contribution in [1.82, 2.24) is 0 Å². The molecule has 0 unspecified atom stereocenters. The molecule has 3 nitrogen and oxygen atoms in total. The van der Waals surface area contributed by atoms with Gasteiger partial charge in [-0.3, -0.25) is 4.18 Å². The molecule has 0 N–H and O–H groups in total. The quantitative estimate of drug-likeness (QED) is 0.460. The molecule has 0 aromatic heterocycles. The van der Waals surface area contributed by atoms with Gasteiger partial charge in [0, 0.05) is 16.5 Å². The standard InChI is InChI=1S/C17H15BrO3S/c1-14-9-11-16(12-10-14)22(19,20)21-13-5-4-7-15-6-2-3-8-17(15)18/h2-3,6,8-12H,5,13H2,1H3. The van der Waals surface area contributed by atoms with Crippen molar-refractivity contribution >= 4 is 26.0 Å². The molecule has 0 bridgehead atoms. The van der Waals surface area contributed by atoms with Gasteiger partial charge in [0.1, 0.15) is 0 Å². The summed E-state index contributed by atoms with van der Waals surface area (Å²) in [5.41, 5.74) is 1.86. The Bertz CT molecular complexity index is 800. The van der Waals surface area contributed by atoms with Gasteiger partial charge in [0.25, 0.3) is 10.1 Å². The van der Waals surface area contributed by atoms with E-state index >= 15 is 0 Å². The maximum Gasteiger partial charge on any atom is 0.297 e. The van der Waals surface area contributed by atoms with Gasteiger partial charge in [-0.05, 0) is 47.1 Å². The van der Waals surface area contributed by atoms with E-state index in [2.05, 4.69) is 27.8 Å². The molecule has 0 atom stereocenters. The van der Waals surface area contributed by atoms with Crippen molar-refractivity contribution in [2.24, 2.45) is 0 Å². The molecule has 0 saturated heterocycles. The largest absolute Gasteiger partial charge is 0.297 e. The molecule has 5 heteroatoms. The smallest absolute Gasteiger partial charge is 0.265 e. The summed E-state index contributed by atoms with van der Waals surface area (Å²) in [4.78, 5) is 0.164. The lowest BCUT2D eigenvalue weighted by molar-refractivity contribution is 0.326. The number of benzene rings is 2. The van der Waals surface area contributed by atoms with Gasteiger partial charge in [-0.2, -0.15) is 8.42 Å². The highest BCUT2D eigenvalue weighted by molar-refractivity contribution is 9.10. The summed E-state index contributed by atoms with van der Waals surface area (Å²) in [7, 11) is -3.71. The highest BCUT2D eigenvalue weighted by Gasteiger charge is 2.13. The molecule has 0 aliphatic carbocycles. The van der Waals surface area contributed by atoms with E-state index < -0.39 is 10.1 Å². The fourth-order valence-electron chi connectivity index (χ4n) is 1.70. The molecule has 22 heavy (non-hydrogen) atoms. The maximum atomic E-state index is 12.0. The zero-order valence-corrected chi connectivity index (χ0v) is 14.4. The molecular weight excluding hydrogens is 364 g/mol. The van der Waals surface area contributed by atoms with Crippen molar-refractivity contribution in [3.8, 4) is 11.8 Å². The predicted molar refractivity (Wildman–Crippen MR) is 90.0 cm³/mol. The van der Waals surface area contributed by atoms with Crippen LogP contribution in [0.3, 0.4) is 0 Å². The van der Waals surface area contributed by atoms with Gasteiger partial charge in [-0.15, -0.1) is 0 Å². The third-order valence-electron chi connectivity index (χ3n) is 2.87. The van der Waals surface area contributed by atoms with Crippen LogP contribution in [0.5, 0.6) is 0 Å². The van der Waals surface area contributed by atoms with Crippen LogP contribution in [0, 0.1) is 18.8 Å². The van der Waals surface area contributed by atoms with Crippen LogP contribution in [0.25, 0.3) is 0 Å². The first kappa shape index (κ1) is 16.8. The SMILES string of the molecule is Cc1ccc(S(=O)(=O)OCCC#Cc2ccccc2Br)cc1. The van der Waals surface area contributed by atoms with Crippen LogP contribution in [0.1, 0.15) is 17.5 Å². The van der Waals surface area contributed by atoms with Crippen LogP contribution < -0.4 is 0 Å². The van der Waals surface area contributed by atoms with Crippen LogP contribution in [0.2, 0.25) is 0 Å². The minimum atomic E-state index is -3.71. The molecular formula is C17H15BrO3S. The van der Waals surface area contributed by atoms with Gasteiger partial charge in [0.05, 0.1) is 11.5 Å². The van der Waals surface area contributed by atoms with E-state index in [1.807, 2.05) is 31.2 Å². The lowest BCUT2D eigenvalue weighted by Gasteiger charge is -2.04. The van der Waals surface area contributed by atoms with Gasteiger partial charge in [-0.25, -0.2) is 0 Å². The van der Waals surface area contributed by atoms with Crippen LogP contribution in [-0.2, 0) is 14.3 Å². The van der Waals surface area contributed by atoms with Gasteiger partial charge in [-0.1, -0.05) is 41.7 Å². The van der Waals surface area contributed by atoms with Crippen molar-refractivity contribution in [1.29, 1.82) is 0 Å². The number of aryl methyl sites for hydroxylation is 1. The first-order valence-electron chi connectivity index (χ1n) is 6.68. The lowest BCUT2D eigenvalue weighted by Crippen LogP contribution is -2.07. The Morgan fingerprint density at radius 3 is 2.45 bits per heavy atom. The Morgan fingerprint density at radius 2 is 1.77 bits per heavy atom. The summed E-state index contributed by atoms with van der Waals surface area (Å²) in [5, 5.41) is 0. The fraction of sp³-hybridized carbons (Fsp3) is 0.176. The molecule has 0 saturated carbocycles. The third kappa shape index (κ3) is 4.70. The Kier molecular flexibility index (Phi) is 5.78. The Balaban J connectivity index is 1.92. The Hall–Kier alpha value is -1.61. The second-order valence-corrected chi connectivity index (χ2v) is 7.09. The highest BCUT2D eigenvalue weighted by Crippen LogP contribution is 2.15. The monoisotopic (exact) mass is 378 g/mol. The lowest BCUT2D eigenvalue weighted by atomic mass is 10.2. The van der Waals surface area contributed by atoms with E-state index in [1.54, 1.807) is 12.1 Å². The molecule has 0 aliphatic rings. The predicted octanol–water partition coefficient (Wildman–Crippen LogP) is 3.90. The first-order valence-corrected chi connectivity index (χ1v) is 8.89. The van der Waals surface area contributed by atoms with Gasteiger partial charge >= 0.3 is 0 Å². The van der Waals surface area contributed by atoms with E-state index in [9.17, 15) is 8.42 Å². The zero-order chi connectivity index (χ0) is 16.0. The van der Waals surface area contributed by atoms with Crippen LogP contribution in [0.15, 0.2) is 57.9 Å². The normalized spacial score (nSPS) is 10.8. The van der Waals surface area contributed by atoms with Crippen LogP contribution in [0.4, 0.5) is 0 Å². The first-order chi connectivity index (χ1) is 10.5. The molecule has 0 amide bonds. The van der Waals surface area contributed by atoms with Crippen molar-refractivity contribution in [2.45, 2.75) is 18.2 Å². The number of hydrogen-bond acceptors (Lipinski definition) is 3. The van der Waals surface area contributed by atoms with E-state index in [4.69, 9.17) is 4.18 Å². The van der Waals surface area contributed by atoms with Gasteiger partial charge in [0.15, 0.2) is 0 Å². The minimum absolute atomic E-state index is 0.0354. The molecule has 0 fully saturated rings. The van der Waals surface area contributed by atoms with Crippen molar-refractivity contribution in [2.75, 3.05) is 6.61 Å². The molecule has 0 radical (unpaired) electrons. The summed E-state index contributed by atoms with van der Waals surface area (Å²) in [5.74, 6) is 5.88. The van der Waals surface area contributed by atoms with Gasteiger partial charge in [0.2, 0.25) is 0 Å². The maximum absolute atomic E-state index is 12.0. The molecule has 2 aromatic carbocycles. The summed E-state index contributed by atoms with van der Waals surface area (Å²) >= 11 is 3.40. The molecule has 114 valence electrons. The minimum Gasteiger partial charge on any atom is -0.265 e. The molecule has 0 heterocycles. The highest BCUT2D eigenvalue weighted by atomic mass is 79.9. The van der Waals surface area contributed by atoms with E-state index in [0.29, 0.717) is 6.42 Å². The second kappa shape index (κ2) is 7.59. The van der Waals surface area contributed by atoms with Crippen LogP contribution in [-0.4, -0.2) is 15.0 Å². The number of hydrogen-bond donors (Lipinski definition) is 0. The molecule has 2 aromatic rings.